The molecule has 2 aromatic carbocycles. The van der Waals surface area contributed by atoms with Crippen LogP contribution in [0.1, 0.15) is 16.7 Å². The molecule has 1 fully saturated rings. The van der Waals surface area contributed by atoms with Crippen LogP contribution in [0.4, 0.5) is 0 Å². The number of benzene rings is 2. The van der Waals surface area contributed by atoms with Crippen molar-refractivity contribution in [2.75, 3.05) is 13.2 Å². The minimum absolute atomic E-state index is 0.0523. The zero-order valence-electron chi connectivity index (χ0n) is 11.4. The number of ether oxygens (including phenoxy) is 2. The van der Waals surface area contributed by atoms with Crippen LogP contribution in [-0.2, 0) is 15.3 Å². The molecule has 0 amide bonds. The van der Waals surface area contributed by atoms with E-state index in [0.717, 1.165) is 11.1 Å². The van der Waals surface area contributed by atoms with Gasteiger partial charge in [0.05, 0.1) is 13.2 Å². The average Bonchev–Trinajstić information content (AvgIpc) is 3.06. The minimum atomic E-state index is -0.894. The van der Waals surface area contributed by atoms with Crippen molar-refractivity contribution in [2.24, 2.45) is 0 Å². The highest BCUT2D eigenvalue weighted by atomic mass is 16.7. The SMILES string of the molecule is N=C(NO)c1ccc(C2(c3ccccc3)OCCO2)cc1. The minimum Gasteiger partial charge on any atom is -0.340 e. The Kier molecular flexibility index (Phi) is 3.70. The van der Waals surface area contributed by atoms with E-state index in [4.69, 9.17) is 20.1 Å². The molecule has 0 radical (unpaired) electrons. The first kappa shape index (κ1) is 13.8. The molecule has 21 heavy (non-hydrogen) atoms. The van der Waals surface area contributed by atoms with Gasteiger partial charge in [0.1, 0.15) is 5.84 Å². The van der Waals surface area contributed by atoms with Crippen LogP contribution in [0, 0.1) is 5.41 Å². The van der Waals surface area contributed by atoms with Crippen LogP contribution in [0.15, 0.2) is 54.6 Å². The van der Waals surface area contributed by atoms with Gasteiger partial charge in [-0.3, -0.25) is 16.1 Å². The second-order valence-electron chi connectivity index (χ2n) is 4.74. The maximum absolute atomic E-state index is 8.77. The van der Waals surface area contributed by atoms with Crippen molar-refractivity contribution in [1.82, 2.24) is 5.48 Å². The van der Waals surface area contributed by atoms with Crippen molar-refractivity contribution < 1.29 is 14.7 Å². The molecule has 3 N–H and O–H groups in total. The maximum atomic E-state index is 8.77. The summed E-state index contributed by atoms with van der Waals surface area (Å²) in [7, 11) is 0. The van der Waals surface area contributed by atoms with Gasteiger partial charge < -0.3 is 9.47 Å². The Balaban J connectivity index is 2.01. The Bertz CT molecular complexity index is 620. The highest BCUT2D eigenvalue weighted by molar-refractivity contribution is 5.95. The third kappa shape index (κ3) is 2.42. The Morgan fingerprint density at radius 1 is 0.952 bits per heavy atom. The summed E-state index contributed by atoms with van der Waals surface area (Å²) in [6.07, 6.45) is 0. The molecule has 108 valence electrons. The first-order valence-corrected chi connectivity index (χ1v) is 6.69. The Morgan fingerprint density at radius 2 is 1.52 bits per heavy atom. The van der Waals surface area contributed by atoms with Crippen molar-refractivity contribution in [3.63, 3.8) is 0 Å². The summed E-state index contributed by atoms with van der Waals surface area (Å²) in [5.74, 6) is -0.946. The van der Waals surface area contributed by atoms with Crippen LogP contribution in [0.5, 0.6) is 0 Å². The predicted octanol–water partition coefficient (Wildman–Crippen LogP) is 2.24. The number of hydrogen-bond donors (Lipinski definition) is 3. The van der Waals surface area contributed by atoms with E-state index >= 15 is 0 Å². The number of rotatable bonds is 3. The third-order valence-corrected chi connectivity index (χ3v) is 3.51. The monoisotopic (exact) mass is 284 g/mol. The molecule has 0 aliphatic carbocycles. The van der Waals surface area contributed by atoms with Gasteiger partial charge in [-0.05, 0) is 0 Å². The second-order valence-corrected chi connectivity index (χ2v) is 4.74. The molecule has 0 atom stereocenters. The van der Waals surface area contributed by atoms with E-state index in [2.05, 4.69) is 0 Å². The number of amidine groups is 1. The molecular formula is C16H16N2O3. The summed E-state index contributed by atoms with van der Waals surface area (Å²) < 4.78 is 11.8. The number of hydrogen-bond acceptors (Lipinski definition) is 4. The van der Waals surface area contributed by atoms with E-state index in [0.29, 0.717) is 18.8 Å². The first-order chi connectivity index (χ1) is 10.3. The summed E-state index contributed by atoms with van der Waals surface area (Å²) >= 11 is 0. The first-order valence-electron chi connectivity index (χ1n) is 6.69. The third-order valence-electron chi connectivity index (χ3n) is 3.51. The van der Waals surface area contributed by atoms with E-state index in [9.17, 15) is 0 Å². The Hall–Kier alpha value is -2.21. The molecule has 0 unspecified atom stereocenters. The molecule has 1 aliphatic heterocycles. The van der Waals surface area contributed by atoms with Crippen molar-refractivity contribution in [3.05, 3.63) is 71.3 Å². The van der Waals surface area contributed by atoms with Crippen LogP contribution in [-0.4, -0.2) is 24.3 Å². The van der Waals surface area contributed by atoms with Gasteiger partial charge in [-0.25, -0.2) is 0 Å². The number of hydroxylamine groups is 1. The molecule has 5 heteroatoms. The summed E-state index contributed by atoms with van der Waals surface area (Å²) in [6.45, 7) is 1.06. The van der Waals surface area contributed by atoms with Gasteiger partial charge in [0.25, 0.3) is 0 Å². The molecule has 1 heterocycles. The van der Waals surface area contributed by atoms with Gasteiger partial charge in [0.2, 0.25) is 5.79 Å². The largest absolute Gasteiger partial charge is 0.340 e. The lowest BCUT2D eigenvalue weighted by molar-refractivity contribution is -0.129. The summed E-state index contributed by atoms with van der Waals surface area (Å²) in [5.41, 5.74) is 4.22. The molecular weight excluding hydrogens is 268 g/mol. The van der Waals surface area contributed by atoms with Crippen LogP contribution < -0.4 is 5.48 Å². The average molecular weight is 284 g/mol. The van der Waals surface area contributed by atoms with Gasteiger partial charge in [-0.15, -0.1) is 0 Å². The topological polar surface area (TPSA) is 74.6 Å². The molecule has 5 nitrogen and oxygen atoms in total. The van der Waals surface area contributed by atoms with Crippen LogP contribution in [0.2, 0.25) is 0 Å². The maximum Gasteiger partial charge on any atom is 0.222 e. The normalized spacial score (nSPS) is 16.6. The molecule has 0 aromatic heterocycles. The van der Waals surface area contributed by atoms with Gasteiger partial charge >= 0.3 is 0 Å². The fourth-order valence-electron chi connectivity index (χ4n) is 2.49. The second kappa shape index (κ2) is 5.65. The van der Waals surface area contributed by atoms with Gasteiger partial charge in [0, 0.05) is 16.7 Å². The van der Waals surface area contributed by atoms with Crippen LogP contribution in [0.25, 0.3) is 0 Å². The molecule has 1 saturated heterocycles. The van der Waals surface area contributed by atoms with Gasteiger partial charge in [0.15, 0.2) is 0 Å². The fourth-order valence-corrected chi connectivity index (χ4v) is 2.49. The number of nitrogens with one attached hydrogen (secondary N) is 2. The zero-order valence-corrected chi connectivity index (χ0v) is 11.4. The summed E-state index contributed by atoms with van der Waals surface area (Å²) in [6, 6.07) is 17.0. The van der Waals surface area contributed by atoms with E-state index in [1.807, 2.05) is 47.9 Å². The standard InChI is InChI=1S/C16H16N2O3/c17-15(18-19)12-6-8-14(9-7-12)16(20-10-11-21-16)13-4-2-1-3-5-13/h1-9,19H,10-11H2,(H2,17,18). The molecule has 1 aliphatic rings. The van der Waals surface area contributed by atoms with Crippen LogP contribution >= 0.6 is 0 Å². The quantitative estimate of drug-likeness (QED) is 0.459. The molecule has 0 bridgehead atoms. The Labute approximate surface area is 122 Å². The van der Waals surface area contributed by atoms with E-state index in [-0.39, 0.29) is 5.84 Å². The van der Waals surface area contributed by atoms with Gasteiger partial charge in [-0.2, -0.15) is 0 Å². The lowest BCUT2D eigenvalue weighted by Gasteiger charge is -2.28. The fraction of sp³-hybridized carbons (Fsp3) is 0.188. The highest BCUT2D eigenvalue weighted by Gasteiger charge is 2.40. The summed E-state index contributed by atoms with van der Waals surface area (Å²) in [4.78, 5) is 0. The van der Waals surface area contributed by atoms with E-state index in [1.165, 1.54) is 0 Å². The van der Waals surface area contributed by atoms with Crippen LogP contribution in [0.3, 0.4) is 0 Å². The van der Waals surface area contributed by atoms with Gasteiger partial charge in [-0.1, -0.05) is 54.6 Å². The smallest absolute Gasteiger partial charge is 0.222 e. The Morgan fingerprint density at radius 3 is 2.10 bits per heavy atom. The molecule has 0 spiro atoms. The van der Waals surface area contributed by atoms with Crippen molar-refractivity contribution in [3.8, 4) is 0 Å². The lowest BCUT2D eigenvalue weighted by atomic mass is 9.96. The van der Waals surface area contributed by atoms with Crippen molar-refractivity contribution in [2.45, 2.75) is 5.79 Å². The molecule has 2 aromatic rings. The van der Waals surface area contributed by atoms with E-state index in [1.54, 1.807) is 12.1 Å². The van der Waals surface area contributed by atoms with Crippen molar-refractivity contribution >= 4 is 5.84 Å². The zero-order chi connectivity index (χ0) is 14.7. The highest BCUT2D eigenvalue weighted by Crippen LogP contribution is 2.38. The van der Waals surface area contributed by atoms with E-state index < -0.39 is 5.79 Å². The summed E-state index contributed by atoms with van der Waals surface area (Å²) in [5, 5.41) is 16.3. The predicted molar refractivity (Wildman–Crippen MR) is 77.3 cm³/mol. The molecule has 3 rings (SSSR count). The lowest BCUT2D eigenvalue weighted by Crippen LogP contribution is -2.28. The molecule has 0 saturated carbocycles. The van der Waals surface area contributed by atoms with Crippen molar-refractivity contribution in [1.29, 1.82) is 5.41 Å².